The fraction of sp³-hybridized carbons (Fsp3) is 0.207. The Bertz CT molecular complexity index is 1390. The largest absolute Gasteiger partial charge is 0.490 e. The molecule has 0 bridgehead atoms. The zero-order valence-electron chi connectivity index (χ0n) is 21.2. The van der Waals surface area contributed by atoms with Crippen LogP contribution in [0.2, 0.25) is 5.02 Å². The zero-order valence-corrected chi connectivity index (χ0v) is 23.6. The number of hydrogen-bond donors (Lipinski definition) is 1. The quantitative estimate of drug-likeness (QED) is 0.222. The molecule has 1 heterocycles. The predicted octanol–water partition coefficient (Wildman–Crippen LogP) is 7.03. The lowest BCUT2D eigenvalue weighted by molar-refractivity contribution is -0.123. The van der Waals surface area contributed by atoms with Gasteiger partial charge in [-0.25, -0.2) is 0 Å². The van der Waals surface area contributed by atoms with Crippen LogP contribution >= 0.6 is 35.6 Å². The van der Waals surface area contributed by atoms with Gasteiger partial charge >= 0.3 is 0 Å². The van der Waals surface area contributed by atoms with Gasteiger partial charge in [-0.15, -0.1) is 0 Å². The van der Waals surface area contributed by atoms with E-state index in [9.17, 15) is 9.59 Å². The third kappa shape index (κ3) is 6.56. The minimum absolute atomic E-state index is 0.137. The first kappa shape index (κ1) is 27.7. The van der Waals surface area contributed by atoms with Crippen LogP contribution in [0.4, 0.5) is 5.69 Å². The molecule has 196 valence electrons. The van der Waals surface area contributed by atoms with Crippen molar-refractivity contribution in [2.45, 2.75) is 26.8 Å². The number of thioether (sulfide) groups is 1. The number of nitrogens with one attached hydrogen (secondary N) is 1. The molecular formula is C29H27ClN2O4S2. The topological polar surface area (TPSA) is 67.9 Å². The van der Waals surface area contributed by atoms with E-state index in [0.717, 1.165) is 16.7 Å². The Labute approximate surface area is 237 Å². The maximum Gasteiger partial charge on any atom is 0.266 e. The van der Waals surface area contributed by atoms with Gasteiger partial charge in [-0.1, -0.05) is 78.0 Å². The van der Waals surface area contributed by atoms with E-state index in [0.29, 0.717) is 38.0 Å². The van der Waals surface area contributed by atoms with Crippen LogP contribution in [-0.4, -0.2) is 34.2 Å². The lowest BCUT2D eigenvalue weighted by Crippen LogP contribution is -2.30. The van der Waals surface area contributed by atoms with Gasteiger partial charge in [0.15, 0.2) is 18.1 Å². The fourth-order valence-electron chi connectivity index (χ4n) is 3.86. The molecule has 1 saturated heterocycles. The van der Waals surface area contributed by atoms with E-state index in [4.69, 9.17) is 33.3 Å². The summed E-state index contributed by atoms with van der Waals surface area (Å²) in [5.74, 6) is 0.432. The molecule has 1 N–H and O–H groups in total. The zero-order chi connectivity index (χ0) is 27.2. The van der Waals surface area contributed by atoms with Gasteiger partial charge in [0, 0.05) is 10.7 Å². The van der Waals surface area contributed by atoms with Gasteiger partial charge in [0.2, 0.25) is 0 Å². The molecule has 0 spiro atoms. The van der Waals surface area contributed by atoms with E-state index >= 15 is 0 Å². The highest BCUT2D eigenvalue weighted by molar-refractivity contribution is 8.26. The molecule has 38 heavy (non-hydrogen) atoms. The number of rotatable bonds is 9. The van der Waals surface area contributed by atoms with Crippen LogP contribution in [0, 0.1) is 6.92 Å². The van der Waals surface area contributed by atoms with Gasteiger partial charge in [-0.05, 0) is 67.8 Å². The van der Waals surface area contributed by atoms with E-state index in [1.165, 1.54) is 11.8 Å². The molecule has 9 heteroatoms. The number of amides is 2. The lowest BCUT2D eigenvalue weighted by Gasteiger charge is -2.23. The third-order valence-corrected chi connectivity index (χ3v) is 7.61. The number of anilines is 1. The van der Waals surface area contributed by atoms with Gasteiger partial charge in [-0.2, -0.15) is 0 Å². The van der Waals surface area contributed by atoms with Gasteiger partial charge in [0.05, 0.1) is 17.6 Å². The van der Waals surface area contributed by atoms with Crippen LogP contribution in [0.25, 0.3) is 6.08 Å². The second kappa shape index (κ2) is 12.5. The summed E-state index contributed by atoms with van der Waals surface area (Å²) >= 11 is 12.9. The summed E-state index contributed by atoms with van der Waals surface area (Å²) in [4.78, 5) is 27.8. The second-order valence-corrected chi connectivity index (χ2v) is 10.7. The smallest absolute Gasteiger partial charge is 0.266 e. The van der Waals surface area contributed by atoms with Crippen molar-refractivity contribution >= 4 is 63.5 Å². The number of carbonyl (C=O) groups excluding carboxylic acids is 2. The Balaban J connectivity index is 1.46. The number of carbonyl (C=O) groups is 2. The van der Waals surface area contributed by atoms with Crippen LogP contribution in [0.3, 0.4) is 0 Å². The highest BCUT2D eigenvalue weighted by Crippen LogP contribution is 2.39. The van der Waals surface area contributed by atoms with E-state index in [1.807, 2.05) is 63.2 Å². The predicted molar refractivity (Wildman–Crippen MR) is 158 cm³/mol. The first-order valence-electron chi connectivity index (χ1n) is 12.0. The SMILES string of the molecule is CCOc1cc(/C=C2\SC(=S)N([C@@H](C)c3ccccc3)C2=O)ccc1OCC(=O)Nc1ccc(C)c(Cl)c1. The number of hydrogen-bond acceptors (Lipinski definition) is 6. The number of thiocarbonyl (C=S) groups is 1. The molecule has 1 fully saturated rings. The summed E-state index contributed by atoms with van der Waals surface area (Å²) in [7, 11) is 0. The summed E-state index contributed by atoms with van der Waals surface area (Å²) in [6, 6.07) is 20.2. The Hall–Kier alpha value is -3.33. The first-order valence-corrected chi connectivity index (χ1v) is 13.6. The van der Waals surface area contributed by atoms with Crippen molar-refractivity contribution in [1.29, 1.82) is 0 Å². The minimum atomic E-state index is -0.326. The van der Waals surface area contributed by atoms with Crippen LogP contribution < -0.4 is 14.8 Å². The van der Waals surface area contributed by atoms with Crippen molar-refractivity contribution in [2.24, 2.45) is 0 Å². The number of ether oxygens (including phenoxy) is 2. The third-order valence-electron chi connectivity index (χ3n) is 5.87. The Morgan fingerprint density at radius 3 is 2.58 bits per heavy atom. The molecular weight excluding hydrogens is 540 g/mol. The Morgan fingerprint density at radius 1 is 1.11 bits per heavy atom. The van der Waals surface area contributed by atoms with Crippen LogP contribution in [-0.2, 0) is 9.59 Å². The van der Waals surface area contributed by atoms with Gasteiger partial charge in [-0.3, -0.25) is 14.5 Å². The van der Waals surface area contributed by atoms with E-state index < -0.39 is 0 Å². The molecule has 0 aliphatic carbocycles. The summed E-state index contributed by atoms with van der Waals surface area (Å²) in [6.07, 6.45) is 1.79. The van der Waals surface area contributed by atoms with Crippen molar-refractivity contribution in [3.05, 3.63) is 93.3 Å². The molecule has 0 aromatic heterocycles. The van der Waals surface area contributed by atoms with Gasteiger partial charge in [0.1, 0.15) is 4.32 Å². The summed E-state index contributed by atoms with van der Waals surface area (Å²) in [5, 5.41) is 3.34. The normalized spacial score (nSPS) is 15.1. The summed E-state index contributed by atoms with van der Waals surface area (Å²) < 4.78 is 12.0. The van der Waals surface area contributed by atoms with Gasteiger partial charge in [0.25, 0.3) is 11.8 Å². The standard InChI is InChI=1S/C29H27ClN2O4S2/c1-4-35-25-14-20(11-13-24(25)36-17-27(33)31-22-12-10-18(2)23(30)16-22)15-26-28(34)32(29(37)38-26)19(3)21-8-6-5-7-9-21/h5-16,19H,4,17H2,1-3H3,(H,31,33)/b26-15-/t19-/m0/s1. The highest BCUT2D eigenvalue weighted by atomic mass is 35.5. The average molecular weight is 567 g/mol. The molecule has 0 unspecified atom stereocenters. The molecule has 1 atom stereocenters. The molecule has 2 amide bonds. The molecule has 1 aliphatic heterocycles. The molecule has 1 aliphatic rings. The molecule has 0 radical (unpaired) electrons. The molecule has 6 nitrogen and oxygen atoms in total. The van der Waals surface area contributed by atoms with Crippen LogP contribution in [0.1, 0.15) is 36.6 Å². The maximum atomic E-state index is 13.2. The van der Waals surface area contributed by atoms with E-state index in [1.54, 1.807) is 35.2 Å². The van der Waals surface area contributed by atoms with Gasteiger partial charge < -0.3 is 14.8 Å². The van der Waals surface area contributed by atoms with Crippen molar-refractivity contribution in [1.82, 2.24) is 4.90 Å². The molecule has 3 aromatic carbocycles. The average Bonchev–Trinajstić information content (AvgIpc) is 3.18. The van der Waals surface area contributed by atoms with Crippen molar-refractivity contribution in [3.63, 3.8) is 0 Å². The van der Waals surface area contributed by atoms with Crippen molar-refractivity contribution in [2.75, 3.05) is 18.5 Å². The van der Waals surface area contributed by atoms with E-state index in [-0.39, 0.29) is 24.5 Å². The van der Waals surface area contributed by atoms with E-state index in [2.05, 4.69) is 5.32 Å². The molecule has 3 aromatic rings. The number of nitrogens with zero attached hydrogens (tertiary/aromatic N) is 1. The first-order chi connectivity index (χ1) is 18.3. The lowest BCUT2D eigenvalue weighted by atomic mass is 10.1. The summed E-state index contributed by atoms with van der Waals surface area (Å²) in [5.41, 5.74) is 3.29. The monoisotopic (exact) mass is 566 g/mol. The Kier molecular flexibility index (Phi) is 9.09. The maximum absolute atomic E-state index is 13.2. The number of aryl methyl sites for hydroxylation is 1. The summed E-state index contributed by atoms with van der Waals surface area (Å²) in [6.45, 7) is 5.92. The molecule has 0 saturated carbocycles. The second-order valence-electron chi connectivity index (χ2n) is 8.58. The fourth-order valence-corrected chi connectivity index (χ4v) is 5.46. The minimum Gasteiger partial charge on any atom is -0.490 e. The Morgan fingerprint density at radius 2 is 1.87 bits per heavy atom. The number of benzene rings is 3. The molecule has 4 rings (SSSR count). The van der Waals surface area contributed by atoms with Crippen LogP contribution in [0.15, 0.2) is 71.6 Å². The van der Waals surface area contributed by atoms with Crippen LogP contribution in [0.5, 0.6) is 11.5 Å². The number of halogens is 1. The van der Waals surface area contributed by atoms with Crippen molar-refractivity contribution in [3.8, 4) is 11.5 Å². The van der Waals surface area contributed by atoms with Crippen molar-refractivity contribution < 1.29 is 19.1 Å². The highest BCUT2D eigenvalue weighted by Gasteiger charge is 2.35.